The van der Waals surface area contributed by atoms with E-state index >= 15 is 0 Å². The summed E-state index contributed by atoms with van der Waals surface area (Å²) >= 11 is 7.27. The Morgan fingerprint density at radius 3 is 2.75 bits per heavy atom. The van der Waals surface area contributed by atoms with Gasteiger partial charge in [0.25, 0.3) is 0 Å². The highest BCUT2D eigenvalue weighted by Crippen LogP contribution is 2.22. The molecule has 0 spiro atoms. The molecule has 0 aliphatic heterocycles. The van der Waals surface area contributed by atoms with Gasteiger partial charge in [0.05, 0.1) is 0 Å². The van der Waals surface area contributed by atoms with Crippen LogP contribution in [0.1, 0.15) is 10.9 Å². The van der Waals surface area contributed by atoms with Crippen LogP contribution < -0.4 is 5.32 Å². The number of nitrogens with zero attached hydrogens (tertiary/aromatic N) is 2. The van der Waals surface area contributed by atoms with Crippen molar-refractivity contribution in [2.45, 2.75) is 5.38 Å². The standard InChI is InChI=1S/C10H8ClN3OS/c11-8(7-4-2-1-3-5-7)9(15)13-10-14-12-6-16-10/h1-6,8H,(H,13,14,15). The van der Waals surface area contributed by atoms with Crippen LogP contribution in [0.15, 0.2) is 35.8 Å². The lowest BCUT2D eigenvalue weighted by Crippen LogP contribution is -2.17. The maximum atomic E-state index is 11.7. The predicted octanol–water partition coefficient (Wildman–Crippen LogP) is 2.46. The molecular weight excluding hydrogens is 246 g/mol. The molecule has 1 amide bonds. The summed E-state index contributed by atoms with van der Waals surface area (Å²) in [5.74, 6) is -0.301. The Labute approximate surface area is 101 Å². The van der Waals surface area contributed by atoms with Gasteiger partial charge in [-0.05, 0) is 5.56 Å². The Balaban J connectivity index is 2.05. The molecular formula is C10H8ClN3OS. The molecule has 1 unspecified atom stereocenters. The van der Waals surface area contributed by atoms with Crippen LogP contribution in [0.4, 0.5) is 5.13 Å². The van der Waals surface area contributed by atoms with Crippen LogP contribution in [-0.2, 0) is 4.79 Å². The molecule has 6 heteroatoms. The van der Waals surface area contributed by atoms with Gasteiger partial charge in [-0.25, -0.2) is 0 Å². The van der Waals surface area contributed by atoms with Crippen LogP contribution in [-0.4, -0.2) is 16.1 Å². The van der Waals surface area contributed by atoms with Crippen molar-refractivity contribution in [1.29, 1.82) is 0 Å². The minimum atomic E-state index is -0.718. The second kappa shape index (κ2) is 5.05. The molecule has 1 aromatic heterocycles. The van der Waals surface area contributed by atoms with Crippen molar-refractivity contribution in [2.75, 3.05) is 5.32 Å². The van der Waals surface area contributed by atoms with Crippen molar-refractivity contribution in [3.05, 3.63) is 41.4 Å². The molecule has 0 aliphatic rings. The van der Waals surface area contributed by atoms with E-state index in [2.05, 4.69) is 15.5 Å². The number of hydrogen-bond donors (Lipinski definition) is 1. The van der Waals surface area contributed by atoms with Crippen LogP contribution in [0.2, 0.25) is 0 Å². The van der Waals surface area contributed by atoms with E-state index in [1.807, 2.05) is 18.2 Å². The number of hydrogen-bond acceptors (Lipinski definition) is 4. The number of anilines is 1. The molecule has 0 saturated heterocycles. The summed E-state index contributed by atoms with van der Waals surface area (Å²) in [4.78, 5) is 11.7. The summed E-state index contributed by atoms with van der Waals surface area (Å²) in [5, 5.41) is 9.66. The maximum Gasteiger partial charge on any atom is 0.248 e. The van der Waals surface area contributed by atoms with E-state index in [9.17, 15) is 4.79 Å². The van der Waals surface area contributed by atoms with Crippen LogP contribution in [0.5, 0.6) is 0 Å². The average molecular weight is 254 g/mol. The lowest BCUT2D eigenvalue weighted by Gasteiger charge is -2.08. The van der Waals surface area contributed by atoms with E-state index in [-0.39, 0.29) is 5.91 Å². The maximum absolute atomic E-state index is 11.7. The monoisotopic (exact) mass is 253 g/mol. The van der Waals surface area contributed by atoms with Gasteiger partial charge < -0.3 is 0 Å². The second-order valence-corrected chi connectivity index (χ2v) is 4.28. The quantitative estimate of drug-likeness (QED) is 0.855. The minimum Gasteiger partial charge on any atom is -0.299 e. The van der Waals surface area contributed by atoms with Gasteiger partial charge in [-0.15, -0.1) is 21.8 Å². The predicted molar refractivity (Wildman–Crippen MR) is 63.6 cm³/mol. The number of amides is 1. The summed E-state index contributed by atoms with van der Waals surface area (Å²) in [6.07, 6.45) is 0. The highest BCUT2D eigenvalue weighted by Gasteiger charge is 2.18. The fraction of sp³-hybridized carbons (Fsp3) is 0.100. The van der Waals surface area contributed by atoms with E-state index in [0.29, 0.717) is 5.13 Å². The van der Waals surface area contributed by atoms with Gasteiger partial charge in [-0.1, -0.05) is 41.7 Å². The van der Waals surface area contributed by atoms with Crippen LogP contribution in [0.25, 0.3) is 0 Å². The third-order valence-corrected chi connectivity index (χ3v) is 2.97. The van der Waals surface area contributed by atoms with E-state index in [4.69, 9.17) is 11.6 Å². The van der Waals surface area contributed by atoms with E-state index < -0.39 is 5.38 Å². The van der Waals surface area contributed by atoms with Crippen molar-refractivity contribution in [3.8, 4) is 0 Å². The zero-order valence-corrected chi connectivity index (χ0v) is 9.70. The number of halogens is 1. The summed E-state index contributed by atoms with van der Waals surface area (Å²) in [5.41, 5.74) is 2.30. The number of alkyl halides is 1. The minimum absolute atomic E-state index is 0.301. The van der Waals surface area contributed by atoms with Gasteiger partial charge in [-0.3, -0.25) is 10.1 Å². The summed E-state index contributed by atoms with van der Waals surface area (Å²) in [6.45, 7) is 0. The zero-order chi connectivity index (χ0) is 11.4. The number of nitrogens with one attached hydrogen (secondary N) is 1. The first kappa shape index (κ1) is 11.0. The van der Waals surface area contributed by atoms with Crippen molar-refractivity contribution < 1.29 is 4.79 Å². The number of carbonyl (C=O) groups is 1. The largest absolute Gasteiger partial charge is 0.299 e. The Morgan fingerprint density at radius 1 is 1.38 bits per heavy atom. The number of benzene rings is 1. The molecule has 82 valence electrons. The first-order valence-electron chi connectivity index (χ1n) is 4.53. The summed E-state index contributed by atoms with van der Waals surface area (Å²) < 4.78 is 0. The molecule has 0 fully saturated rings. The molecule has 1 aromatic carbocycles. The lowest BCUT2D eigenvalue weighted by molar-refractivity contribution is -0.116. The van der Waals surface area contributed by atoms with Gasteiger partial charge in [0.15, 0.2) is 0 Å². The molecule has 0 radical (unpaired) electrons. The Hall–Kier alpha value is -1.46. The lowest BCUT2D eigenvalue weighted by atomic mass is 10.1. The third-order valence-electron chi connectivity index (χ3n) is 1.91. The molecule has 1 N–H and O–H groups in total. The second-order valence-electron chi connectivity index (χ2n) is 3.01. The van der Waals surface area contributed by atoms with Crippen molar-refractivity contribution >= 4 is 34.0 Å². The Bertz CT molecular complexity index is 460. The first-order valence-corrected chi connectivity index (χ1v) is 5.85. The Kier molecular flexibility index (Phi) is 3.48. The van der Waals surface area contributed by atoms with Crippen molar-refractivity contribution in [3.63, 3.8) is 0 Å². The summed E-state index contributed by atoms with van der Waals surface area (Å²) in [6, 6.07) is 9.15. The normalized spacial score (nSPS) is 12.1. The van der Waals surface area contributed by atoms with Crippen LogP contribution in [0.3, 0.4) is 0 Å². The highest BCUT2D eigenvalue weighted by molar-refractivity contribution is 7.13. The van der Waals surface area contributed by atoms with Crippen LogP contribution >= 0.6 is 22.9 Å². The molecule has 2 rings (SSSR count). The van der Waals surface area contributed by atoms with Gasteiger partial charge in [0.2, 0.25) is 11.0 Å². The van der Waals surface area contributed by atoms with Gasteiger partial charge in [0.1, 0.15) is 10.9 Å². The SMILES string of the molecule is O=C(Nc1nncs1)C(Cl)c1ccccc1. The van der Waals surface area contributed by atoms with Gasteiger partial charge >= 0.3 is 0 Å². The molecule has 16 heavy (non-hydrogen) atoms. The molecule has 2 aromatic rings. The number of rotatable bonds is 3. The molecule has 0 saturated carbocycles. The fourth-order valence-electron chi connectivity index (χ4n) is 1.17. The van der Waals surface area contributed by atoms with Gasteiger partial charge in [-0.2, -0.15) is 0 Å². The molecule has 1 atom stereocenters. The highest BCUT2D eigenvalue weighted by atomic mass is 35.5. The molecule has 0 aliphatic carbocycles. The molecule has 0 bridgehead atoms. The van der Waals surface area contributed by atoms with Crippen molar-refractivity contribution in [1.82, 2.24) is 10.2 Å². The first-order chi connectivity index (χ1) is 7.77. The average Bonchev–Trinajstić information content (AvgIpc) is 2.82. The third kappa shape index (κ3) is 2.56. The topological polar surface area (TPSA) is 54.9 Å². The van der Waals surface area contributed by atoms with Crippen molar-refractivity contribution in [2.24, 2.45) is 0 Å². The van der Waals surface area contributed by atoms with E-state index in [1.165, 1.54) is 11.3 Å². The molecule has 4 nitrogen and oxygen atoms in total. The summed E-state index contributed by atoms with van der Waals surface area (Å²) in [7, 11) is 0. The Morgan fingerprint density at radius 2 is 2.12 bits per heavy atom. The molecule has 1 heterocycles. The van der Waals surface area contributed by atoms with E-state index in [1.54, 1.807) is 17.6 Å². The smallest absolute Gasteiger partial charge is 0.248 e. The van der Waals surface area contributed by atoms with Gasteiger partial charge in [0, 0.05) is 0 Å². The number of aromatic nitrogens is 2. The fourth-order valence-corrected chi connectivity index (χ4v) is 1.82. The number of carbonyl (C=O) groups excluding carboxylic acids is 1. The van der Waals surface area contributed by atoms with Crippen LogP contribution in [0, 0.1) is 0 Å². The van der Waals surface area contributed by atoms with E-state index in [0.717, 1.165) is 5.56 Å². The zero-order valence-electron chi connectivity index (χ0n) is 8.13.